The number of rotatable bonds is 3. The number of nitrogens with one attached hydrogen (secondary N) is 1. The van der Waals surface area contributed by atoms with Gasteiger partial charge in [0.25, 0.3) is 0 Å². The van der Waals surface area contributed by atoms with Crippen molar-refractivity contribution >= 4 is 11.8 Å². The Bertz CT molecular complexity index is 294. The van der Waals surface area contributed by atoms with E-state index in [1.54, 1.807) is 0 Å². The molecule has 0 aromatic rings. The Morgan fingerprint density at radius 2 is 2.00 bits per heavy atom. The third-order valence-electron chi connectivity index (χ3n) is 3.12. The molecule has 4 nitrogen and oxygen atoms in total. The maximum atomic E-state index is 12.4. The normalized spacial score (nSPS) is 22.4. The lowest BCUT2D eigenvalue weighted by molar-refractivity contribution is -0.136. The highest BCUT2D eigenvalue weighted by atomic mass is 16.2. The number of hydrogen-bond donors (Lipinski definition) is 1. The van der Waals surface area contributed by atoms with Crippen LogP contribution < -0.4 is 5.32 Å². The number of carbonyl (C=O) groups is 2. The lowest BCUT2D eigenvalue weighted by Gasteiger charge is -2.32. The Labute approximate surface area is 104 Å². The number of carbonyl (C=O) groups excluding carboxylic acids is 2. The molecule has 1 fully saturated rings. The maximum absolute atomic E-state index is 12.4. The average molecular weight is 240 g/mol. The van der Waals surface area contributed by atoms with E-state index in [2.05, 4.69) is 12.2 Å². The van der Waals surface area contributed by atoms with Gasteiger partial charge in [-0.15, -0.1) is 0 Å². The molecular formula is C13H24N2O2. The summed E-state index contributed by atoms with van der Waals surface area (Å²) in [6.07, 6.45) is 2.48. The zero-order chi connectivity index (χ0) is 13.1. The molecule has 0 aromatic heterocycles. The molecular weight excluding hydrogens is 216 g/mol. The van der Waals surface area contributed by atoms with E-state index < -0.39 is 6.04 Å². The zero-order valence-electron chi connectivity index (χ0n) is 11.4. The molecule has 0 aliphatic carbocycles. The molecule has 0 spiro atoms. The summed E-state index contributed by atoms with van der Waals surface area (Å²) in [5.74, 6) is 0.0501. The van der Waals surface area contributed by atoms with E-state index in [-0.39, 0.29) is 17.2 Å². The third kappa shape index (κ3) is 3.72. The molecule has 0 bridgehead atoms. The minimum atomic E-state index is -0.394. The molecule has 1 aliphatic rings. The molecule has 1 atom stereocenters. The minimum absolute atomic E-state index is 0.0164. The molecule has 1 N–H and O–H groups in total. The maximum Gasteiger partial charge on any atom is 0.245 e. The van der Waals surface area contributed by atoms with Gasteiger partial charge in [-0.2, -0.15) is 0 Å². The average Bonchev–Trinajstić information content (AvgIpc) is 2.36. The molecule has 1 saturated heterocycles. The van der Waals surface area contributed by atoms with Gasteiger partial charge in [0.05, 0.1) is 0 Å². The van der Waals surface area contributed by atoms with Crippen molar-refractivity contribution in [3.63, 3.8) is 0 Å². The van der Waals surface area contributed by atoms with Gasteiger partial charge >= 0.3 is 0 Å². The fourth-order valence-corrected chi connectivity index (χ4v) is 1.98. The van der Waals surface area contributed by atoms with E-state index in [4.69, 9.17) is 0 Å². The second-order valence-electron chi connectivity index (χ2n) is 5.80. The van der Waals surface area contributed by atoms with Crippen molar-refractivity contribution in [2.45, 2.75) is 53.0 Å². The summed E-state index contributed by atoms with van der Waals surface area (Å²) in [7, 11) is 0. The summed E-state index contributed by atoms with van der Waals surface area (Å²) in [6, 6.07) is -0.394. The summed E-state index contributed by atoms with van der Waals surface area (Å²) < 4.78 is 0. The number of amides is 2. The third-order valence-corrected chi connectivity index (χ3v) is 3.12. The van der Waals surface area contributed by atoms with E-state index >= 15 is 0 Å². The molecule has 1 unspecified atom stereocenters. The molecule has 4 heteroatoms. The van der Waals surface area contributed by atoms with Crippen LogP contribution in [-0.4, -0.2) is 35.8 Å². The predicted octanol–water partition coefficient (Wildman–Crippen LogP) is 1.55. The Hall–Kier alpha value is -1.06. The first-order valence-electron chi connectivity index (χ1n) is 6.44. The van der Waals surface area contributed by atoms with Gasteiger partial charge in [0.15, 0.2) is 0 Å². The SMILES string of the molecule is CCCCN1CCC(=O)NC(C(C)(C)C)C1=O. The van der Waals surface area contributed by atoms with Gasteiger partial charge in [-0.3, -0.25) is 9.59 Å². The minimum Gasteiger partial charge on any atom is -0.344 e. The lowest BCUT2D eigenvalue weighted by Crippen LogP contribution is -2.52. The Kier molecular flexibility index (Phi) is 4.54. The first kappa shape index (κ1) is 14.0. The quantitative estimate of drug-likeness (QED) is 0.813. The van der Waals surface area contributed by atoms with Gasteiger partial charge in [0.2, 0.25) is 11.8 Å². The summed E-state index contributed by atoms with van der Waals surface area (Å²) in [4.78, 5) is 25.8. The highest BCUT2D eigenvalue weighted by molar-refractivity contribution is 5.90. The fourth-order valence-electron chi connectivity index (χ4n) is 1.98. The zero-order valence-corrected chi connectivity index (χ0v) is 11.4. The van der Waals surface area contributed by atoms with Gasteiger partial charge in [-0.1, -0.05) is 34.1 Å². The van der Waals surface area contributed by atoms with Crippen molar-refractivity contribution in [1.29, 1.82) is 0 Å². The smallest absolute Gasteiger partial charge is 0.245 e. The molecule has 1 rings (SSSR count). The van der Waals surface area contributed by atoms with Crippen molar-refractivity contribution in [2.75, 3.05) is 13.1 Å². The van der Waals surface area contributed by atoms with Gasteiger partial charge < -0.3 is 10.2 Å². The van der Waals surface area contributed by atoms with E-state index in [1.165, 1.54) is 0 Å². The van der Waals surface area contributed by atoms with E-state index in [1.807, 2.05) is 25.7 Å². The first-order chi connectivity index (χ1) is 7.86. The Morgan fingerprint density at radius 3 is 2.53 bits per heavy atom. The molecule has 0 radical (unpaired) electrons. The number of hydrogen-bond acceptors (Lipinski definition) is 2. The van der Waals surface area contributed by atoms with E-state index in [0.717, 1.165) is 19.4 Å². The number of nitrogens with zero attached hydrogens (tertiary/aromatic N) is 1. The molecule has 17 heavy (non-hydrogen) atoms. The Morgan fingerprint density at radius 1 is 1.35 bits per heavy atom. The molecule has 1 heterocycles. The van der Waals surface area contributed by atoms with Crippen molar-refractivity contribution in [2.24, 2.45) is 5.41 Å². The largest absolute Gasteiger partial charge is 0.344 e. The summed E-state index contributed by atoms with van der Waals surface area (Å²) in [5.41, 5.74) is -0.235. The summed E-state index contributed by atoms with van der Waals surface area (Å²) in [6.45, 7) is 9.37. The van der Waals surface area contributed by atoms with Crippen LogP contribution in [-0.2, 0) is 9.59 Å². The van der Waals surface area contributed by atoms with Gasteiger partial charge in [0, 0.05) is 19.5 Å². The molecule has 98 valence electrons. The summed E-state index contributed by atoms with van der Waals surface area (Å²) in [5, 5.41) is 2.84. The standard InChI is InChI=1S/C13H24N2O2/c1-5-6-8-15-9-7-10(16)14-11(12(15)17)13(2,3)4/h11H,5-9H2,1-4H3,(H,14,16). The van der Waals surface area contributed by atoms with Crippen LogP contribution in [0.25, 0.3) is 0 Å². The summed E-state index contributed by atoms with van der Waals surface area (Å²) >= 11 is 0. The van der Waals surface area contributed by atoms with Crippen molar-refractivity contribution in [1.82, 2.24) is 10.2 Å². The van der Waals surface area contributed by atoms with Crippen LogP contribution in [0.1, 0.15) is 47.0 Å². The van der Waals surface area contributed by atoms with Gasteiger partial charge in [-0.05, 0) is 11.8 Å². The predicted molar refractivity (Wildman–Crippen MR) is 67.5 cm³/mol. The first-order valence-corrected chi connectivity index (χ1v) is 6.44. The fraction of sp³-hybridized carbons (Fsp3) is 0.846. The van der Waals surface area contributed by atoms with E-state index in [0.29, 0.717) is 13.0 Å². The van der Waals surface area contributed by atoms with Crippen LogP contribution in [0.4, 0.5) is 0 Å². The molecule has 0 aromatic carbocycles. The molecule has 1 aliphatic heterocycles. The highest BCUT2D eigenvalue weighted by Gasteiger charge is 2.37. The molecule has 0 saturated carbocycles. The Balaban J connectivity index is 2.82. The van der Waals surface area contributed by atoms with Crippen LogP contribution in [0.15, 0.2) is 0 Å². The topological polar surface area (TPSA) is 49.4 Å². The van der Waals surface area contributed by atoms with Crippen molar-refractivity contribution in [3.05, 3.63) is 0 Å². The highest BCUT2D eigenvalue weighted by Crippen LogP contribution is 2.23. The molecule has 2 amide bonds. The second-order valence-corrected chi connectivity index (χ2v) is 5.80. The van der Waals surface area contributed by atoms with Crippen LogP contribution in [0.2, 0.25) is 0 Å². The van der Waals surface area contributed by atoms with Crippen LogP contribution in [0.5, 0.6) is 0 Å². The monoisotopic (exact) mass is 240 g/mol. The second kappa shape index (κ2) is 5.52. The van der Waals surface area contributed by atoms with E-state index in [9.17, 15) is 9.59 Å². The van der Waals surface area contributed by atoms with Crippen molar-refractivity contribution in [3.8, 4) is 0 Å². The lowest BCUT2D eigenvalue weighted by atomic mass is 9.86. The van der Waals surface area contributed by atoms with Gasteiger partial charge in [-0.25, -0.2) is 0 Å². The van der Waals surface area contributed by atoms with Crippen LogP contribution in [0.3, 0.4) is 0 Å². The van der Waals surface area contributed by atoms with Crippen LogP contribution in [0, 0.1) is 5.41 Å². The van der Waals surface area contributed by atoms with Crippen LogP contribution >= 0.6 is 0 Å². The number of unbranched alkanes of at least 4 members (excludes halogenated alkanes) is 1. The van der Waals surface area contributed by atoms with Crippen molar-refractivity contribution < 1.29 is 9.59 Å². The van der Waals surface area contributed by atoms with Gasteiger partial charge in [0.1, 0.15) is 6.04 Å².